The lowest BCUT2D eigenvalue weighted by atomic mass is 9.79. The fourth-order valence-electron chi connectivity index (χ4n) is 4.44. The number of nitrogens with one attached hydrogen (secondary N) is 1. The first-order valence-electron chi connectivity index (χ1n) is 10.5. The van der Waals surface area contributed by atoms with Crippen molar-refractivity contribution in [1.82, 2.24) is 15.1 Å². The first-order chi connectivity index (χ1) is 16.1. The summed E-state index contributed by atoms with van der Waals surface area (Å²) in [7, 11) is 0. The number of carboxylic acid groups (broad SMARTS) is 1. The summed E-state index contributed by atoms with van der Waals surface area (Å²) in [5, 5.41) is 18.9. The van der Waals surface area contributed by atoms with Crippen LogP contribution in [0.15, 0.2) is 70.0 Å². The minimum Gasteiger partial charge on any atom is -0.477 e. The Balaban J connectivity index is 1.47. The van der Waals surface area contributed by atoms with Crippen LogP contribution in [0.4, 0.5) is 0 Å². The van der Waals surface area contributed by atoms with Gasteiger partial charge in [0.1, 0.15) is 5.57 Å². The number of nitrogens with zero attached hydrogens (tertiary/aromatic N) is 2. The van der Waals surface area contributed by atoms with Gasteiger partial charge in [0.2, 0.25) is 0 Å². The van der Waals surface area contributed by atoms with Crippen molar-refractivity contribution in [2.45, 2.75) is 5.92 Å². The highest BCUT2D eigenvalue weighted by Gasteiger charge is 2.42. The molecule has 9 heteroatoms. The van der Waals surface area contributed by atoms with Gasteiger partial charge in [0.25, 0.3) is 5.91 Å². The predicted octanol–water partition coefficient (Wildman–Crippen LogP) is 3.29. The van der Waals surface area contributed by atoms with Gasteiger partial charge in [0, 0.05) is 49.0 Å². The number of amides is 1. The van der Waals surface area contributed by atoms with E-state index in [4.69, 9.17) is 0 Å². The normalized spacial score (nSPS) is 20.3. The zero-order valence-corrected chi connectivity index (χ0v) is 19.2. The Labute approximate surface area is 198 Å². The van der Waals surface area contributed by atoms with Crippen molar-refractivity contribution in [3.63, 3.8) is 0 Å². The van der Waals surface area contributed by atoms with Crippen LogP contribution in [0, 0.1) is 0 Å². The van der Waals surface area contributed by atoms with E-state index in [9.17, 15) is 19.5 Å². The highest BCUT2D eigenvalue weighted by molar-refractivity contribution is 7.12. The van der Waals surface area contributed by atoms with Gasteiger partial charge in [-0.05, 0) is 34.5 Å². The fraction of sp³-hybridized carbons (Fsp3) is 0.208. The average molecular weight is 480 g/mol. The van der Waals surface area contributed by atoms with Crippen LogP contribution in [0.3, 0.4) is 0 Å². The fourth-order valence-corrected chi connectivity index (χ4v) is 6.00. The number of hydrogen-bond acceptors (Lipinski definition) is 7. The molecule has 2 aliphatic heterocycles. The average Bonchev–Trinajstić information content (AvgIpc) is 3.45. The Kier molecular flexibility index (Phi) is 5.74. The summed E-state index contributed by atoms with van der Waals surface area (Å²) >= 11 is 2.86. The molecule has 1 atom stereocenters. The number of thiophene rings is 2. The molecular formula is C24H21N3O4S2. The lowest BCUT2D eigenvalue weighted by Crippen LogP contribution is -2.49. The number of rotatable bonds is 4. The third kappa shape index (κ3) is 3.83. The van der Waals surface area contributed by atoms with Crippen molar-refractivity contribution in [1.29, 1.82) is 0 Å². The molecule has 1 fully saturated rings. The van der Waals surface area contributed by atoms with Crippen molar-refractivity contribution < 1.29 is 19.5 Å². The van der Waals surface area contributed by atoms with Crippen LogP contribution in [0.2, 0.25) is 0 Å². The maximum absolute atomic E-state index is 13.6. The van der Waals surface area contributed by atoms with Gasteiger partial charge in [-0.3, -0.25) is 9.59 Å². The van der Waals surface area contributed by atoms with Gasteiger partial charge in [-0.2, -0.15) is 11.3 Å². The number of carbonyl (C=O) groups is 3. The zero-order chi connectivity index (χ0) is 22.9. The maximum Gasteiger partial charge on any atom is 0.341 e. The van der Waals surface area contributed by atoms with Gasteiger partial charge in [0.05, 0.1) is 16.5 Å². The molecule has 33 heavy (non-hydrogen) atoms. The summed E-state index contributed by atoms with van der Waals surface area (Å²) in [6, 6.07) is 3.66. The minimum absolute atomic E-state index is 0.0134. The Morgan fingerprint density at radius 1 is 1.09 bits per heavy atom. The summed E-state index contributed by atoms with van der Waals surface area (Å²) in [6.45, 7) is 1.85. The SMILES string of the molecule is O=C(O)C1=C(N2CCN(C(=O)c3cccs3)CC2)c2cscc2C(C2=CC=CC=CN2)C1=O. The van der Waals surface area contributed by atoms with Gasteiger partial charge in [0.15, 0.2) is 5.78 Å². The van der Waals surface area contributed by atoms with E-state index in [1.807, 2.05) is 57.5 Å². The number of aliphatic carboxylic acids is 1. The minimum atomic E-state index is -1.23. The summed E-state index contributed by atoms with van der Waals surface area (Å²) in [6.07, 6.45) is 9.04. The lowest BCUT2D eigenvalue weighted by Gasteiger charge is -2.39. The molecule has 0 saturated carbocycles. The number of piperazine rings is 1. The molecule has 168 valence electrons. The van der Waals surface area contributed by atoms with Crippen molar-refractivity contribution in [2.24, 2.45) is 0 Å². The quantitative estimate of drug-likeness (QED) is 0.654. The summed E-state index contributed by atoms with van der Waals surface area (Å²) < 4.78 is 0. The molecule has 5 rings (SSSR count). The molecule has 3 aliphatic rings. The van der Waals surface area contributed by atoms with Crippen LogP contribution >= 0.6 is 22.7 Å². The van der Waals surface area contributed by atoms with Crippen molar-refractivity contribution in [2.75, 3.05) is 26.2 Å². The van der Waals surface area contributed by atoms with E-state index in [1.165, 1.54) is 22.7 Å². The number of ketones is 1. The molecule has 2 aromatic rings. The molecular weight excluding hydrogens is 458 g/mol. The molecule has 1 aliphatic carbocycles. The molecule has 2 aromatic heterocycles. The molecule has 2 N–H and O–H groups in total. The number of Topliss-reactive ketones (excluding diaryl/α,β-unsaturated/α-hetero) is 1. The number of fused-ring (bicyclic) bond motifs is 1. The first-order valence-corrected chi connectivity index (χ1v) is 12.3. The van der Waals surface area contributed by atoms with Crippen molar-refractivity contribution in [3.8, 4) is 0 Å². The van der Waals surface area contributed by atoms with Gasteiger partial charge in [-0.15, -0.1) is 11.3 Å². The highest BCUT2D eigenvalue weighted by atomic mass is 32.1. The van der Waals surface area contributed by atoms with E-state index < -0.39 is 17.7 Å². The Bertz CT molecular complexity index is 1230. The molecule has 1 unspecified atom stereocenters. The molecule has 0 radical (unpaired) electrons. The predicted molar refractivity (Wildman–Crippen MR) is 128 cm³/mol. The summed E-state index contributed by atoms with van der Waals surface area (Å²) in [5.41, 5.74) is 2.51. The molecule has 7 nitrogen and oxygen atoms in total. The smallest absolute Gasteiger partial charge is 0.341 e. The molecule has 1 saturated heterocycles. The second kappa shape index (κ2) is 8.84. The molecule has 1 amide bonds. The molecule has 4 heterocycles. The van der Waals surface area contributed by atoms with E-state index in [-0.39, 0.29) is 11.5 Å². The third-order valence-corrected chi connectivity index (χ3v) is 7.61. The number of carboxylic acids is 1. The van der Waals surface area contributed by atoms with Crippen LogP contribution in [-0.2, 0) is 9.59 Å². The lowest BCUT2D eigenvalue weighted by molar-refractivity contribution is -0.134. The van der Waals surface area contributed by atoms with E-state index in [1.54, 1.807) is 11.1 Å². The second-order valence-corrected chi connectivity index (χ2v) is 9.53. The third-order valence-electron chi connectivity index (χ3n) is 5.99. The Morgan fingerprint density at radius 3 is 2.64 bits per heavy atom. The van der Waals surface area contributed by atoms with Gasteiger partial charge in [-0.25, -0.2) is 4.79 Å². The van der Waals surface area contributed by atoms with E-state index in [0.717, 1.165) is 11.1 Å². The summed E-state index contributed by atoms with van der Waals surface area (Å²) in [4.78, 5) is 43.0. The molecule has 0 aromatic carbocycles. The van der Waals surface area contributed by atoms with Gasteiger partial charge < -0.3 is 20.2 Å². The topological polar surface area (TPSA) is 89.9 Å². The monoisotopic (exact) mass is 479 g/mol. The van der Waals surface area contributed by atoms with E-state index in [2.05, 4.69) is 5.32 Å². The molecule has 0 spiro atoms. The van der Waals surface area contributed by atoms with Crippen molar-refractivity contribution >= 4 is 46.0 Å². The van der Waals surface area contributed by atoms with E-state index in [0.29, 0.717) is 42.5 Å². The van der Waals surface area contributed by atoms with Gasteiger partial charge in [-0.1, -0.05) is 18.2 Å². The Morgan fingerprint density at radius 2 is 1.91 bits per heavy atom. The van der Waals surface area contributed by atoms with E-state index >= 15 is 0 Å². The standard InChI is InChI=1S/C24H21N3O4S2/c28-22-19(17-5-2-1-3-7-25-17)15-13-32-14-16(15)21(20(22)24(30)31)26-8-10-27(11-9-26)23(29)18-6-4-12-33-18/h1-7,12-14,19,25H,8-11H2,(H,30,31). The number of hydrogen-bond donors (Lipinski definition) is 2. The van der Waals surface area contributed by atoms with Crippen LogP contribution in [0.5, 0.6) is 0 Å². The Hall–Kier alpha value is -3.43. The maximum atomic E-state index is 13.6. The van der Waals surface area contributed by atoms with Crippen LogP contribution in [-0.4, -0.2) is 58.7 Å². The van der Waals surface area contributed by atoms with Gasteiger partial charge >= 0.3 is 5.97 Å². The van der Waals surface area contributed by atoms with Crippen LogP contribution in [0.1, 0.15) is 26.7 Å². The zero-order valence-electron chi connectivity index (χ0n) is 17.6. The number of allylic oxidation sites excluding steroid dienone is 5. The largest absolute Gasteiger partial charge is 0.477 e. The highest BCUT2D eigenvalue weighted by Crippen LogP contribution is 2.43. The van der Waals surface area contributed by atoms with Crippen LogP contribution < -0.4 is 5.32 Å². The number of carbonyl (C=O) groups excluding carboxylic acids is 2. The molecule has 0 bridgehead atoms. The second-order valence-electron chi connectivity index (χ2n) is 7.83. The summed E-state index contributed by atoms with van der Waals surface area (Å²) in [5.74, 6) is -2.37. The van der Waals surface area contributed by atoms with Crippen molar-refractivity contribution in [3.05, 3.63) is 86.1 Å². The van der Waals surface area contributed by atoms with Crippen LogP contribution in [0.25, 0.3) is 5.70 Å². The first kappa shape index (κ1) is 21.4.